The first-order chi connectivity index (χ1) is 14.0. The Morgan fingerprint density at radius 2 is 1.79 bits per heavy atom. The summed E-state index contributed by atoms with van der Waals surface area (Å²) in [5, 5.41) is 29.4. The molecule has 0 aliphatic carbocycles. The molecule has 0 radical (unpaired) electrons. The lowest BCUT2D eigenvalue weighted by molar-refractivity contribution is -0.806. The molecule has 29 heavy (non-hydrogen) atoms. The van der Waals surface area contributed by atoms with Crippen molar-refractivity contribution in [2.45, 2.75) is 6.92 Å². The smallest absolute Gasteiger partial charge is 0.253 e. The van der Waals surface area contributed by atoms with Gasteiger partial charge in [-0.2, -0.15) is 5.10 Å². The molecule has 1 heterocycles. The number of hydrogen-bond acceptors (Lipinski definition) is 9. The van der Waals surface area contributed by atoms with E-state index in [2.05, 4.69) is 20.3 Å². The van der Waals surface area contributed by atoms with Crippen LogP contribution in [0.3, 0.4) is 0 Å². The zero-order valence-corrected chi connectivity index (χ0v) is 16.3. The summed E-state index contributed by atoms with van der Waals surface area (Å²) in [6.07, 6.45) is 1.55. The van der Waals surface area contributed by atoms with E-state index >= 15 is 0 Å². The molecule has 0 atom stereocenters. The van der Waals surface area contributed by atoms with E-state index in [1.807, 2.05) is 0 Å². The van der Waals surface area contributed by atoms with Crippen molar-refractivity contribution < 1.29 is 28.8 Å². The second kappa shape index (κ2) is 8.38. The van der Waals surface area contributed by atoms with E-state index in [0.717, 1.165) is 0 Å². The Hall–Kier alpha value is -3.95. The van der Waals surface area contributed by atoms with E-state index in [1.54, 1.807) is 37.4 Å². The van der Waals surface area contributed by atoms with Crippen LogP contribution in [0.25, 0.3) is 11.3 Å². The van der Waals surface area contributed by atoms with Crippen molar-refractivity contribution in [1.29, 1.82) is 0 Å². The average Bonchev–Trinajstić information content (AvgIpc) is 3.07. The lowest BCUT2D eigenvalue weighted by Gasteiger charge is -2.12. The number of phenolic OH excluding ortho intramolecular Hbond substituents is 1. The Morgan fingerprint density at radius 1 is 1.10 bits per heavy atom. The highest BCUT2D eigenvalue weighted by molar-refractivity contribution is 5.84. The van der Waals surface area contributed by atoms with Crippen molar-refractivity contribution >= 4 is 11.9 Å². The van der Waals surface area contributed by atoms with Crippen LogP contribution in [0.2, 0.25) is 0 Å². The number of nitrogens with zero attached hydrogens (tertiary/aromatic N) is 3. The van der Waals surface area contributed by atoms with E-state index in [4.69, 9.17) is 14.2 Å². The highest BCUT2D eigenvalue weighted by Crippen LogP contribution is 2.38. The minimum absolute atomic E-state index is 0.0345. The van der Waals surface area contributed by atoms with Crippen molar-refractivity contribution in [2.24, 2.45) is 5.10 Å². The number of anilines is 1. The number of aromatic nitrogens is 2. The molecule has 0 bridgehead atoms. The van der Waals surface area contributed by atoms with Crippen molar-refractivity contribution in [3.8, 4) is 34.3 Å². The van der Waals surface area contributed by atoms with E-state index in [0.29, 0.717) is 44.7 Å². The first-order valence-corrected chi connectivity index (χ1v) is 8.47. The minimum Gasteiger partial charge on any atom is -0.504 e. The Labute approximate surface area is 166 Å². The van der Waals surface area contributed by atoms with Gasteiger partial charge in [0.1, 0.15) is 0 Å². The van der Waals surface area contributed by atoms with Gasteiger partial charge in [0.05, 0.1) is 38.8 Å². The zero-order valence-electron chi connectivity index (χ0n) is 16.3. The van der Waals surface area contributed by atoms with Crippen molar-refractivity contribution in [3.63, 3.8) is 0 Å². The molecular weight excluding hydrogens is 380 g/mol. The normalized spacial score (nSPS) is 10.9. The first-order valence-electron chi connectivity index (χ1n) is 8.47. The Bertz CT molecular complexity index is 1050. The fraction of sp³-hybridized carbons (Fsp3) is 0.211. The molecule has 0 aliphatic rings. The van der Waals surface area contributed by atoms with Gasteiger partial charge in [0.15, 0.2) is 23.0 Å². The lowest BCUT2D eigenvalue weighted by Crippen LogP contribution is -2.25. The molecule has 0 saturated heterocycles. The van der Waals surface area contributed by atoms with Gasteiger partial charge in [-0.05, 0) is 34.7 Å². The van der Waals surface area contributed by atoms with Crippen LogP contribution in [0.1, 0.15) is 11.3 Å². The third kappa shape index (κ3) is 4.00. The van der Waals surface area contributed by atoms with Gasteiger partial charge in [-0.3, -0.25) is 10.1 Å². The number of hydrazone groups is 1. The lowest BCUT2D eigenvalue weighted by atomic mass is 10.1. The van der Waals surface area contributed by atoms with Crippen molar-refractivity contribution in [2.75, 3.05) is 26.8 Å². The van der Waals surface area contributed by atoms with Crippen molar-refractivity contribution in [1.82, 2.24) is 5.16 Å². The molecule has 0 aliphatic heterocycles. The van der Waals surface area contributed by atoms with Gasteiger partial charge in [0, 0.05) is 18.1 Å². The number of rotatable bonds is 7. The Balaban J connectivity index is 1.98. The van der Waals surface area contributed by atoms with Gasteiger partial charge in [-0.25, -0.2) is 0 Å². The monoisotopic (exact) mass is 400 g/mol. The molecule has 0 spiro atoms. The van der Waals surface area contributed by atoms with E-state index in [1.165, 1.54) is 27.4 Å². The molecule has 0 fully saturated rings. The fourth-order valence-corrected chi connectivity index (χ4v) is 2.65. The minimum atomic E-state index is 0.0345. The van der Waals surface area contributed by atoms with Crippen LogP contribution < -0.4 is 24.5 Å². The number of nitrogens with one attached hydrogen (secondary N) is 1. The number of benzene rings is 2. The summed E-state index contributed by atoms with van der Waals surface area (Å²) in [5.41, 5.74) is 5.29. The molecule has 0 amide bonds. The maximum Gasteiger partial charge on any atom is 0.253 e. The molecular formula is C19H20N4O6. The van der Waals surface area contributed by atoms with Crippen LogP contribution >= 0.6 is 0 Å². The highest BCUT2D eigenvalue weighted by atomic mass is 16.8. The topological polar surface area (TPSA) is 125 Å². The molecule has 3 aromatic rings. The van der Waals surface area contributed by atoms with E-state index < -0.39 is 0 Å². The van der Waals surface area contributed by atoms with Gasteiger partial charge in [-0.1, -0.05) is 0 Å². The third-order valence-corrected chi connectivity index (χ3v) is 4.20. The summed E-state index contributed by atoms with van der Waals surface area (Å²) in [6.45, 7) is 1.59. The standard InChI is InChI=1S/C19H20N4O6/c1-11-19(22-29-23(11)25)13-8-17(27-3)18(28-4)9-14(13)21-20-10-12-5-6-15(24)16(7-12)26-2/h5-10,21,24H,1-4H3/b20-10+. The Morgan fingerprint density at radius 3 is 2.41 bits per heavy atom. The van der Waals surface area contributed by atoms with Crippen molar-refractivity contribution in [3.05, 3.63) is 46.8 Å². The summed E-state index contributed by atoms with van der Waals surface area (Å²) in [5.74, 6) is 1.29. The van der Waals surface area contributed by atoms with Gasteiger partial charge >= 0.3 is 0 Å². The first kappa shape index (κ1) is 19.8. The summed E-state index contributed by atoms with van der Waals surface area (Å²) in [4.78, 5) is 0.321. The molecule has 0 unspecified atom stereocenters. The summed E-state index contributed by atoms with van der Waals surface area (Å²) in [7, 11) is 4.49. The number of phenols is 1. The molecule has 10 nitrogen and oxygen atoms in total. The van der Waals surface area contributed by atoms with Crippen LogP contribution in [0.5, 0.6) is 23.0 Å². The number of ether oxygens (including phenoxy) is 3. The van der Waals surface area contributed by atoms with Crippen LogP contribution in [0.15, 0.2) is 40.1 Å². The van der Waals surface area contributed by atoms with E-state index in [-0.39, 0.29) is 11.4 Å². The predicted molar refractivity (Wildman–Crippen MR) is 105 cm³/mol. The summed E-state index contributed by atoms with van der Waals surface area (Å²) < 4.78 is 20.4. The molecule has 2 aromatic carbocycles. The quantitative estimate of drug-likeness (QED) is 0.352. The molecule has 3 rings (SSSR count). The van der Waals surface area contributed by atoms with Gasteiger partial charge < -0.3 is 24.5 Å². The molecule has 10 heteroatoms. The summed E-state index contributed by atoms with van der Waals surface area (Å²) >= 11 is 0. The van der Waals surface area contributed by atoms with Crippen LogP contribution in [0, 0.1) is 12.1 Å². The fourth-order valence-electron chi connectivity index (χ4n) is 2.65. The van der Waals surface area contributed by atoms with Gasteiger partial charge in [0.2, 0.25) is 5.69 Å². The predicted octanol–water partition coefficient (Wildman–Crippen LogP) is 2.46. The molecule has 1 aromatic heterocycles. The van der Waals surface area contributed by atoms with E-state index in [9.17, 15) is 10.3 Å². The SMILES string of the molecule is COc1cc(/C=N/Nc2cc(OC)c(OC)cc2-c2no[n+]([O-])c2C)ccc1O. The maximum atomic E-state index is 11.6. The molecule has 0 saturated carbocycles. The zero-order chi connectivity index (χ0) is 21.0. The van der Waals surface area contributed by atoms with Crippen LogP contribution in [-0.2, 0) is 0 Å². The Kier molecular flexibility index (Phi) is 5.72. The van der Waals surface area contributed by atoms with Gasteiger partial charge in [-0.15, -0.1) is 0 Å². The highest BCUT2D eigenvalue weighted by Gasteiger charge is 2.22. The molecule has 2 N–H and O–H groups in total. The third-order valence-electron chi connectivity index (χ3n) is 4.20. The molecule has 152 valence electrons. The second-order valence-electron chi connectivity index (χ2n) is 5.92. The van der Waals surface area contributed by atoms with Gasteiger partial charge in [0.25, 0.3) is 5.69 Å². The number of hydrogen-bond donors (Lipinski definition) is 2. The summed E-state index contributed by atoms with van der Waals surface area (Å²) in [6, 6.07) is 8.17. The van der Waals surface area contributed by atoms with Crippen LogP contribution in [0.4, 0.5) is 5.69 Å². The maximum absolute atomic E-state index is 11.6. The largest absolute Gasteiger partial charge is 0.504 e. The van der Waals surface area contributed by atoms with Crippen LogP contribution in [-0.4, -0.2) is 37.8 Å². The second-order valence-corrected chi connectivity index (χ2v) is 5.92. The average molecular weight is 400 g/mol. The number of methoxy groups -OCH3 is 3. The number of aromatic hydroxyl groups is 1.